The summed E-state index contributed by atoms with van der Waals surface area (Å²) in [4.78, 5) is 21.2. The van der Waals surface area contributed by atoms with E-state index in [1.54, 1.807) is 24.6 Å². The number of rotatable bonds is 2. The quantitative estimate of drug-likeness (QED) is 0.840. The highest BCUT2D eigenvalue weighted by molar-refractivity contribution is 5.91. The predicted octanol–water partition coefficient (Wildman–Crippen LogP) is 2.43. The summed E-state index contributed by atoms with van der Waals surface area (Å²) in [6.07, 6.45) is 7.28. The highest BCUT2D eigenvalue weighted by atomic mass is 16.5. The molecule has 0 bridgehead atoms. The fourth-order valence-corrected chi connectivity index (χ4v) is 3.94. The normalized spacial score (nSPS) is 24.3. The fourth-order valence-electron chi connectivity index (χ4n) is 3.94. The molecule has 6 heteroatoms. The van der Waals surface area contributed by atoms with Gasteiger partial charge in [-0.05, 0) is 37.1 Å². The molecular weight excluding hydrogens is 318 g/mol. The SMILES string of the molecule is O=C(c1ccco1)N1CCC[C@@]2(COCCN(c3cccnc3)C2)C1. The summed E-state index contributed by atoms with van der Waals surface area (Å²) in [5.41, 5.74) is 1.06. The first-order valence-corrected chi connectivity index (χ1v) is 8.81. The van der Waals surface area contributed by atoms with Crippen molar-refractivity contribution >= 4 is 11.6 Å². The van der Waals surface area contributed by atoms with Gasteiger partial charge in [0.15, 0.2) is 5.76 Å². The number of anilines is 1. The van der Waals surface area contributed by atoms with E-state index in [2.05, 4.69) is 16.0 Å². The number of likely N-dealkylation sites (tertiary alicyclic amines) is 1. The third-order valence-corrected chi connectivity index (χ3v) is 5.13. The van der Waals surface area contributed by atoms with Gasteiger partial charge in [-0.25, -0.2) is 0 Å². The van der Waals surface area contributed by atoms with Crippen molar-refractivity contribution in [1.29, 1.82) is 0 Å². The van der Waals surface area contributed by atoms with E-state index in [-0.39, 0.29) is 11.3 Å². The minimum absolute atomic E-state index is 0.0266. The van der Waals surface area contributed by atoms with E-state index in [9.17, 15) is 4.79 Å². The largest absolute Gasteiger partial charge is 0.459 e. The van der Waals surface area contributed by atoms with Gasteiger partial charge in [-0.2, -0.15) is 0 Å². The second-order valence-corrected chi connectivity index (χ2v) is 6.99. The Morgan fingerprint density at radius 3 is 2.96 bits per heavy atom. The van der Waals surface area contributed by atoms with Crippen LogP contribution in [0.25, 0.3) is 0 Å². The summed E-state index contributed by atoms with van der Waals surface area (Å²) in [5, 5.41) is 0. The number of nitrogens with zero attached hydrogens (tertiary/aromatic N) is 3. The van der Waals surface area contributed by atoms with E-state index in [0.717, 1.165) is 38.2 Å². The Labute approximate surface area is 147 Å². The molecule has 0 aromatic carbocycles. The van der Waals surface area contributed by atoms with Crippen LogP contribution in [0, 0.1) is 5.41 Å². The van der Waals surface area contributed by atoms with Gasteiger partial charge in [0.1, 0.15) is 0 Å². The first-order valence-electron chi connectivity index (χ1n) is 8.81. The second kappa shape index (κ2) is 6.88. The van der Waals surface area contributed by atoms with Crippen LogP contribution in [-0.2, 0) is 4.74 Å². The summed E-state index contributed by atoms with van der Waals surface area (Å²) in [5.74, 6) is 0.386. The number of piperidine rings is 1. The van der Waals surface area contributed by atoms with Gasteiger partial charge in [0.05, 0.1) is 31.4 Å². The van der Waals surface area contributed by atoms with Crippen LogP contribution in [0.2, 0.25) is 0 Å². The number of amides is 1. The Balaban J connectivity index is 1.53. The van der Waals surface area contributed by atoms with Crippen LogP contribution in [0.3, 0.4) is 0 Å². The molecule has 2 saturated heterocycles. The molecule has 0 unspecified atom stereocenters. The van der Waals surface area contributed by atoms with Crippen molar-refractivity contribution in [3.63, 3.8) is 0 Å². The molecule has 6 nitrogen and oxygen atoms in total. The number of hydrogen-bond acceptors (Lipinski definition) is 5. The molecule has 132 valence electrons. The van der Waals surface area contributed by atoms with Crippen molar-refractivity contribution in [2.45, 2.75) is 12.8 Å². The van der Waals surface area contributed by atoms with Gasteiger partial charge < -0.3 is 19.0 Å². The molecule has 4 rings (SSSR count). The highest BCUT2D eigenvalue weighted by Crippen LogP contribution is 2.35. The van der Waals surface area contributed by atoms with Crippen molar-refractivity contribution in [2.75, 3.05) is 44.3 Å². The summed E-state index contributed by atoms with van der Waals surface area (Å²) in [6, 6.07) is 7.53. The third kappa shape index (κ3) is 3.39. The minimum Gasteiger partial charge on any atom is -0.459 e. The lowest BCUT2D eigenvalue weighted by atomic mass is 9.80. The molecule has 2 fully saturated rings. The van der Waals surface area contributed by atoms with Crippen LogP contribution in [0.4, 0.5) is 5.69 Å². The van der Waals surface area contributed by atoms with Gasteiger partial charge in [0, 0.05) is 37.8 Å². The maximum Gasteiger partial charge on any atom is 0.289 e. The van der Waals surface area contributed by atoms with Gasteiger partial charge >= 0.3 is 0 Å². The number of pyridine rings is 1. The molecule has 0 saturated carbocycles. The first kappa shape index (κ1) is 16.1. The number of carbonyl (C=O) groups is 1. The first-order chi connectivity index (χ1) is 12.3. The lowest BCUT2D eigenvalue weighted by Crippen LogP contribution is -2.52. The predicted molar refractivity (Wildman–Crippen MR) is 93.5 cm³/mol. The van der Waals surface area contributed by atoms with E-state index >= 15 is 0 Å². The standard InChI is InChI=1S/C19H23N3O3/c23-18(17-5-2-10-25-17)22-8-3-6-19(14-22)13-21(9-11-24-15-19)16-4-1-7-20-12-16/h1-2,4-5,7,10,12H,3,6,8-9,11,13-15H2/t19-/m0/s1. The van der Waals surface area contributed by atoms with E-state index < -0.39 is 0 Å². The highest BCUT2D eigenvalue weighted by Gasteiger charge is 2.40. The molecule has 2 aliphatic rings. The summed E-state index contributed by atoms with van der Waals surface area (Å²) in [6.45, 7) is 4.58. The smallest absolute Gasteiger partial charge is 0.289 e. The summed E-state index contributed by atoms with van der Waals surface area (Å²) in [7, 11) is 0. The zero-order chi connectivity index (χ0) is 17.1. The van der Waals surface area contributed by atoms with Crippen LogP contribution >= 0.6 is 0 Å². The van der Waals surface area contributed by atoms with Crippen molar-refractivity contribution in [3.8, 4) is 0 Å². The van der Waals surface area contributed by atoms with Crippen molar-refractivity contribution < 1.29 is 13.9 Å². The zero-order valence-corrected chi connectivity index (χ0v) is 14.3. The zero-order valence-electron chi connectivity index (χ0n) is 14.3. The third-order valence-electron chi connectivity index (χ3n) is 5.13. The average Bonchev–Trinajstić information content (AvgIpc) is 3.12. The van der Waals surface area contributed by atoms with Crippen LogP contribution in [0.5, 0.6) is 0 Å². The molecule has 0 aliphatic carbocycles. The van der Waals surface area contributed by atoms with Crippen molar-refractivity contribution in [3.05, 3.63) is 48.7 Å². The molecule has 1 spiro atoms. The molecule has 0 N–H and O–H groups in total. The summed E-state index contributed by atoms with van der Waals surface area (Å²) < 4.78 is 11.2. The molecule has 2 aromatic rings. The van der Waals surface area contributed by atoms with Gasteiger partial charge in [-0.15, -0.1) is 0 Å². The number of hydrogen-bond donors (Lipinski definition) is 0. The summed E-state index contributed by atoms with van der Waals surface area (Å²) >= 11 is 0. The Kier molecular flexibility index (Phi) is 4.44. The number of ether oxygens (including phenoxy) is 1. The molecule has 25 heavy (non-hydrogen) atoms. The van der Waals surface area contributed by atoms with Crippen LogP contribution in [0.15, 0.2) is 47.3 Å². The number of carbonyl (C=O) groups excluding carboxylic acids is 1. The Hall–Kier alpha value is -2.34. The number of aromatic nitrogens is 1. The topological polar surface area (TPSA) is 58.8 Å². The lowest BCUT2D eigenvalue weighted by Gasteiger charge is -2.43. The van der Waals surface area contributed by atoms with E-state index in [4.69, 9.17) is 9.15 Å². The second-order valence-electron chi connectivity index (χ2n) is 6.99. The molecule has 2 aliphatic heterocycles. The maximum atomic E-state index is 12.7. The molecule has 4 heterocycles. The molecule has 0 radical (unpaired) electrons. The maximum absolute atomic E-state index is 12.7. The molecule has 1 atom stereocenters. The lowest BCUT2D eigenvalue weighted by molar-refractivity contribution is 0.0123. The average molecular weight is 341 g/mol. The Morgan fingerprint density at radius 2 is 2.16 bits per heavy atom. The molecular formula is C19H23N3O3. The monoisotopic (exact) mass is 341 g/mol. The van der Waals surface area contributed by atoms with Gasteiger partial charge in [0.2, 0.25) is 0 Å². The Morgan fingerprint density at radius 1 is 1.20 bits per heavy atom. The number of furan rings is 1. The fraction of sp³-hybridized carbons (Fsp3) is 0.474. The van der Waals surface area contributed by atoms with Gasteiger partial charge in [-0.3, -0.25) is 9.78 Å². The van der Waals surface area contributed by atoms with Crippen molar-refractivity contribution in [1.82, 2.24) is 9.88 Å². The van der Waals surface area contributed by atoms with Gasteiger partial charge in [-0.1, -0.05) is 0 Å². The van der Waals surface area contributed by atoms with Crippen molar-refractivity contribution in [2.24, 2.45) is 5.41 Å². The molecule has 2 aromatic heterocycles. The molecule has 1 amide bonds. The van der Waals surface area contributed by atoms with Crippen LogP contribution < -0.4 is 4.90 Å². The van der Waals surface area contributed by atoms with E-state index in [1.165, 1.54) is 0 Å². The van der Waals surface area contributed by atoms with E-state index in [0.29, 0.717) is 25.5 Å². The van der Waals surface area contributed by atoms with Gasteiger partial charge in [0.25, 0.3) is 5.91 Å². The minimum atomic E-state index is -0.0488. The van der Waals surface area contributed by atoms with E-state index in [1.807, 2.05) is 17.2 Å². The Bertz CT molecular complexity index is 704. The van der Waals surface area contributed by atoms with Crippen LogP contribution in [0.1, 0.15) is 23.4 Å². The van der Waals surface area contributed by atoms with Crippen LogP contribution in [-0.4, -0.2) is 55.2 Å².